The Hall–Kier alpha value is -1.49. The van der Waals surface area contributed by atoms with Gasteiger partial charge in [-0.15, -0.1) is 11.3 Å². The van der Waals surface area contributed by atoms with Gasteiger partial charge in [0.25, 0.3) is 5.91 Å². The van der Waals surface area contributed by atoms with E-state index in [0.717, 1.165) is 50.9 Å². The maximum atomic E-state index is 13.0. The van der Waals surface area contributed by atoms with Crippen molar-refractivity contribution in [2.45, 2.75) is 59.4 Å². The lowest BCUT2D eigenvalue weighted by molar-refractivity contribution is 0.0684. The van der Waals surface area contributed by atoms with E-state index < -0.39 is 0 Å². The fourth-order valence-electron chi connectivity index (χ4n) is 3.63. The highest BCUT2D eigenvalue weighted by molar-refractivity contribution is 7.20. The molecule has 0 aliphatic heterocycles. The molecule has 0 spiro atoms. The van der Waals surface area contributed by atoms with Crippen LogP contribution in [0.25, 0.3) is 10.2 Å². The maximum Gasteiger partial charge on any atom is 0.264 e. The second-order valence-electron chi connectivity index (χ2n) is 6.92. The van der Waals surface area contributed by atoms with E-state index in [-0.39, 0.29) is 5.91 Å². The lowest BCUT2D eigenvalue weighted by atomic mass is 9.86. The van der Waals surface area contributed by atoms with Crippen molar-refractivity contribution in [1.82, 2.24) is 14.9 Å². The number of nitrogens with zero attached hydrogens (tertiary/aromatic N) is 3. The zero-order valence-electron chi connectivity index (χ0n) is 14.6. The predicted molar refractivity (Wildman–Crippen MR) is 95.1 cm³/mol. The highest BCUT2D eigenvalue weighted by Gasteiger charge is 2.28. The first kappa shape index (κ1) is 16.4. The van der Waals surface area contributed by atoms with Gasteiger partial charge in [0.15, 0.2) is 0 Å². The normalized spacial score (nSPS) is 21.6. The molecule has 124 valence electrons. The number of amides is 1. The third-order valence-corrected chi connectivity index (χ3v) is 6.30. The van der Waals surface area contributed by atoms with Gasteiger partial charge in [-0.2, -0.15) is 0 Å². The van der Waals surface area contributed by atoms with E-state index in [4.69, 9.17) is 0 Å². The molecule has 2 aromatic heterocycles. The quantitative estimate of drug-likeness (QED) is 0.825. The summed E-state index contributed by atoms with van der Waals surface area (Å²) in [5.74, 6) is 1.70. The van der Waals surface area contributed by atoms with Gasteiger partial charge in [0.05, 0.1) is 4.88 Å². The molecule has 3 rings (SSSR count). The van der Waals surface area contributed by atoms with Crippen LogP contribution in [-0.4, -0.2) is 33.9 Å². The first-order valence-corrected chi connectivity index (χ1v) is 9.21. The number of hydrogen-bond acceptors (Lipinski definition) is 4. The molecule has 0 aromatic carbocycles. The lowest BCUT2D eigenvalue weighted by Crippen LogP contribution is -2.39. The summed E-state index contributed by atoms with van der Waals surface area (Å²) in [7, 11) is 1.95. The highest BCUT2D eigenvalue weighted by atomic mass is 32.1. The van der Waals surface area contributed by atoms with Gasteiger partial charge in [-0.3, -0.25) is 4.79 Å². The van der Waals surface area contributed by atoms with Gasteiger partial charge in [0.2, 0.25) is 0 Å². The first-order valence-electron chi connectivity index (χ1n) is 8.40. The second kappa shape index (κ2) is 6.19. The van der Waals surface area contributed by atoms with E-state index in [9.17, 15) is 4.79 Å². The molecule has 2 heterocycles. The summed E-state index contributed by atoms with van der Waals surface area (Å²) >= 11 is 1.51. The molecule has 1 aliphatic carbocycles. The average molecular weight is 331 g/mol. The summed E-state index contributed by atoms with van der Waals surface area (Å²) in [5.41, 5.74) is 2.00. The van der Waals surface area contributed by atoms with Gasteiger partial charge in [-0.1, -0.05) is 6.92 Å². The standard InChI is InChI=1S/C18H25N3OS/c1-10-6-8-14(9-7-10)21(5)18(22)16-11(2)15-12(3)19-13(4)20-17(15)23-16/h10,14H,6-9H2,1-5H3. The van der Waals surface area contributed by atoms with Crippen LogP contribution in [0.4, 0.5) is 0 Å². The van der Waals surface area contributed by atoms with E-state index in [1.165, 1.54) is 24.2 Å². The van der Waals surface area contributed by atoms with Crippen molar-refractivity contribution in [3.63, 3.8) is 0 Å². The molecule has 23 heavy (non-hydrogen) atoms. The number of fused-ring (bicyclic) bond motifs is 1. The molecule has 5 heteroatoms. The molecule has 4 nitrogen and oxygen atoms in total. The molecule has 0 atom stereocenters. The topological polar surface area (TPSA) is 46.1 Å². The molecule has 0 unspecified atom stereocenters. The zero-order valence-corrected chi connectivity index (χ0v) is 15.5. The van der Waals surface area contributed by atoms with Crippen molar-refractivity contribution in [3.05, 3.63) is 22.0 Å². The van der Waals surface area contributed by atoms with E-state index in [1.54, 1.807) is 0 Å². The minimum atomic E-state index is 0.141. The van der Waals surface area contributed by atoms with Crippen molar-refractivity contribution in [2.24, 2.45) is 5.92 Å². The number of carbonyl (C=O) groups is 1. The van der Waals surface area contributed by atoms with Gasteiger partial charge in [-0.25, -0.2) is 9.97 Å². The first-order chi connectivity index (χ1) is 10.9. The van der Waals surface area contributed by atoms with E-state index >= 15 is 0 Å². The lowest BCUT2D eigenvalue weighted by Gasteiger charge is -2.33. The molecule has 2 aromatic rings. The van der Waals surface area contributed by atoms with Crippen molar-refractivity contribution in [2.75, 3.05) is 7.05 Å². The third-order valence-electron chi connectivity index (χ3n) is 5.13. The third kappa shape index (κ3) is 2.99. The van der Waals surface area contributed by atoms with Gasteiger partial charge < -0.3 is 4.90 Å². The van der Waals surface area contributed by atoms with Crippen LogP contribution >= 0.6 is 11.3 Å². The average Bonchev–Trinajstić information content (AvgIpc) is 2.83. The Morgan fingerprint density at radius 1 is 1.13 bits per heavy atom. The Bertz CT molecular complexity index is 744. The highest BCUT2D eigenvalue weighted by Crippen LogP contribution is 2.33. The van der Waals surface area contributed by atoms with Crippen LogP contribution < -0.4 is 0 Å². The number of aryl methyl sites for hydroxylation is 3. The van der Waals surface area contributed by atoms with Crippen LogP contribution in [0.1, 0.15) is 59.4 Å². The molecule has 0 radical (unpaired) electrons. The van der Waals surface area contributed by atoms with Crippen LogP contribution in [0.2, 0.25) is 0 Å². The monoisotopic (exact) mass is 331 g/mol. The molecular formula is C18H25N3OS. The molecular weight excluding hydrogens is 306 g/mol. The largest absolute Gasteiger partial charge is 0.338 e. The Kier molecular flexibility index (Phi) is 4.41. The number of rotatable bonds is 2. The minimum Gasteiger partial charge on any atom is -0.338 e. The summed E-state index contributed by atoms with van der Waals surface area (Å²) in [5, 5.41) is 1.05. The molecule has 1 amide bonds. The predicted octanol–water partition coefficient (Wildman–Crippen LogP) is 4.27. The molecule has 0 bridgehead atoms. The van der Waals surface area contributed by atoms with Crippen LogP contribution in [0, 0.1) is 26.7 Å². The Morgan fingerprint density at radius 3 is 2.43 bits per heavy atom. The zero-order chi connectivity index (χ0) is 16.7. The van der Waals surface area contributed by atoms with Gasteiger partial charge >= 0.3 is 0 Å². The second-order valence-corrected chi connectivity index (χ2v) is 7.92. The maximum absolute atomic E-state index is 13.0. The van der Waals surface area contributed by atoms with Gasteiger partial charge in [-0.05, 0) is 57.9 Å². The van der Waals surface area contributed by atoms with Crippen LogP contribution in [0.3, 0.4) is 0 Å². The fraction of sp³-hybridized carbons (Fsp3) is 0.611. The molecule has 0 saturated heterocycles. The summed E-state index contributed by atoms with van der Waals surface area (Å²) in [6.45, 7) is 8.22. The molecule has 1 saturated carbocycles. The van der Waals surface area contributed by atoms with Crippen molar-refractivity contribution < 1.29 is 4.79 Å². The van der Waals surface area contributed by atoms with E-state index in [2.05, 4.69) is 16.9 Å². The van der Waals surface area contributed by atoms with E-state index in [1.807, 2.05) is 32.7 Å². The Morgan fingerprint density at radius 2 is 1.78 bits per heavy atom. The van der Waals surface area contributed by atoms with E-state index in [0.29, 0.717) is 6.04 Å². The molecule has 1 aliphatic rings. The number of hydrogen-bond donors (Lipinski definition) is 0. The van der Waals surface area contributed by atoms with Crippen molar-refractivity contribution in [1.29, 1.82) is 0 Å². The summed E-state index contributed by atoms with van der Waals surface area (Å²) in [6.07, 6.45) is 4.67. The minimum absolute atomic E-state index is 0.141. The van der Waals surface area contributed by atoms with Crippen molar-refractivity contribution >= 4 is 27.5 Å². The van der Waals surface area contributed by atoms with Gasteiger partial charge in [0.1, 0.15) is 10.7 Å². The number of thiophene rings is 1. The smallest absolute Gasteiger partial charge is 0.264 e. The Labute approximate surface area is 141 Å². The van der Waals surface area contributed by atoms with Crippen LogP contribution in [0.15, 0.2) is 0 Å². The number of carbonyl (C=O) groups excluding carboxylic acids is 1. The van der Waals surface area contributed by atoms with Gasteiger partial charge in [0, 0.05) is 24.2 Å². The van der Waals surface area contributed by atoms with Crippen molar-refractivity contribution in [3.8, 4) is 0 Å². The summed E-state index contributed by atoms with van der Waals surface area (Å²) < 4.78 is 0. The summed E-state index contributed by atoms with van der Waals surface area (Å²) in [4.78, 5) is 25.7. The molecule has 0 N–H and O–H groups in total. The Balaban J connectivity index is 1.92. The SMILES string of the molecule is Cc1nc(C)c2c(C)c(C(=O)N(C)C3CCC(C)CC3)sc2n1. The molecule has 1 fully saturated rings. The fourth-order valence-corrected chi connectivity index (χ4v) is 4.89. The number of aromatic nitrogens is 2. The van der Waals surface area contributed by atoms with Crippen LogP contribution in [-0.2, 0) is 0 Å². The summed E-state index contributed by atoms with van der Waals surface area (Å²) in [6, 6.07) is 0.372. The van der Waals surface area contributed by atoms with Crippen LogP contribution in [0.5, 0.6) is 0 Å².